The fourth-order valence-electron chi connectivity index (χ4n) is 4.96. The average molecular weight is 697 g/mol. The lowest BCUT2D eigenvalue weighted by molar-refractivity contribution is -0.140. The van der Waals surface area contributed by atoms with E-state index in [4.69, 9.17) is 27.9 Å². The zero-order valence-electron chi connectivity index (χ0n) is 26.8. The van der Waals surface area contributed by atoms with Gasteiger partial charge in [-0.1, -0.05) is 84.2 Å². The molecule has 47 heavy (non-hydrogen) atoms. The molecule has 248 valence electrons. The Hall–Kier alpha value is -4.05. The summed E-state index contributed by atoms with van der Waals surface area (Å²) in [5.41, 5.74) is 2.47. The van der Waals surface area contributed by atoms with Crippen molar-refractivity contribution in [3.8, 4) is 5.75 Å². The molecule has 0 radical (unpaired) electrons. The summed E-state index contributed by atoms with van der Waals surface area (Å²) in [7, 11) is -2.77. The maximum atomic E-state index is 14.6. The van der Waals surface area contributed by atoms with E-state index in [1.165, 1.54) is 24.1 Å². The number of ether oxygens (including phenoxy) is 1. The van der Waals surface area contributed by atoms with E-state index in [-0.39, 0.29) is 29.8 Å². The normalized spacial score (nSPS) is 12.6. The van der Waals surface area contributed by atoms with Gasteiger partial charge in [-0.15, -0.1) is 0 Å². The summed E-state index contributed by atoms with van der Waals surface area (Å²) in [5.74, 6) is -0.501. The Kier molecular flexibility index (Phi) is 12.3. The summed E-state index contributed by atoms with van der Waals surface area (Å²) in [6.45, 7) is 4.99. The van der Waals surface area contributed by atoms with Gasteiger partial charge in [0.25, 0.3) is 10.0 Å². The van der Waals surface area contributed by atoms with Gasteiger partial charge in [0.1, 0.15) is 18.3 Å². The lowest BCUT2D eigenvalue weighted by atomic mass is 10.0. The standard InChI is InChI=1S/C36H39Cl2N3O5S/c1-5-26(3)39-36(43)34(22-27-10-7-6-8-11-27)40(23-31-32(37)12-9-13-33(31)38)35(42)24-41(28-16-14-25(2)15-17-28)47(44,45)30-20-18-29(46-4)19-21-30/h6-21,26,34H,5,22-24H2,1-4H3,(H,39,43)/t26-,34-/m0/s1. The number of methoxy groups -OCH3 is 1. The zero-order chi connectivity index (χ0) is 34.1. The van der Waals surface area contributed by atoms with Gasteiger partial charge in [0, 0.05) is 34.6 Å². The third-order valence-corrected chi connectivity index (χ3v) is 10.4. The molecule has 0 aromatic heterocycles. The molecule has 0 aliphatic rings. The number of aryl methyl sites for hydroxylation is 1. The number of hydrogen-bond acceptors (Lipinski definition) is 5. The highest BCUT2D eigenvalue weighted by Gasteiger charge is 2.35. The number of rotatable bonds is 14. The number of anilines is 1. The summed E-state index contributed by atoms with van der Waals surface area (Å²) in [5, 5.41) is 3.65. The number of carbonyl (C=O) groups excluding carboxylic acids is 2. The van der Waals surface area contributed by atoms with Crippen molar-refractivity contribution in [3.63, 3.8) is 0 Å². The maximum Gasteiger partial charge on any atom is 0.264 e. The molecule has 4 rings (SSSR count). The summed E-state index contributed by atoms with van der Waals surface area (Å²) < 4.78 is 34.7. The van der Waals surface area contributed by atoms with Gasteiger partial charge in [-0.25, -0.2) is 8.42 Å². The SMILES string of the molecule is CC[C@H](C)NC(=O)[C@H](Cc1ccccc1)N(Cc1c(Cl)cccc1Cl)C(=O)CN(c1ccc(C)cc1)S(=O)(=O)c1ccc(OC)cc1. The second-order valence-electron chi connectivity index (χ2n) is 11.3. The monoisotopic (exact) mass is 695 g/mol. The van der Waals surface area contributed by atoms with Crippen molar-refractivity contribution in [1.82, 2.24) is 10.2 Å². The molecule has 0 heterocycles. The summed E-state index contributed by atoms with van der Waals surface area (Å²) in [6, 6.07) is 25.9. The molecule has 0 bridgehead atoms. The largest absolute Gasteiger partial charge is 0.497 e. The maximum absolute atomic E-state index is 14.6. The van der Waals surface area contributed by atoms with Gasteiger partial charge in [0.05, 0.1) is 17.7 Å². The lowest BCUT2D eigenvalue weighted by Gasteiger charge is -2.34. The molecule has 8 nitrogen and oxygen atoms in total. The third-order valence-electron chi connectivity index (χ3n) is 7.91. The second kappa shape index (κ2) is 16.2. The Labute approximate surface area is 287 Å². The van der Waals surface area contributed by atoms with Gasteiger partial charge < -0.3 is 15.0 Å². The molecule has 0 fully saturated rings. The quantitative estimate of drug-likeness (QED) is 0.152. The van der Waals surface area contributed by atoms with E-state index in [1.807, 2.05) is 51.1 Å². The molecule has 0 aliphatic heterocycles. The van der Waals surface area contributed by atoms with Gasteiger partial charge in [0.2, 0.25) is 11.8 Å². The summed E-state index contributed by atoms with van der Waals surface area (Å²) in [4.78, 5) is 30.0. The fourth-order valence-corrected chi connectivity index (χ4v) is 6.89. The van der Waals surface area contributed by atoms with Crippen molar-refractivity contribution in [2.24, 2.45) is 0 Å². The highest BCUT2D eigenvalue weighted by atomic mass is 35.5. The topological polar surface area (TPSA) is 96.0 Å². The number of nitrogens with one attached hydrogen (secondary N) is 1. The van der Waals surface area contributed by atoms with E-state index < -0.39 is 28.5 Å². The fraction of sp³-hybridized carbons (Fsp3) is 0.278. The molecule has 0 spiro atoms. The van der Waals surface area contributed by atoms with Crippen LogP contribution >= 0.6 is 23.2 Å². The van der Waals surface area contributed by atoms with Crippen molar-refractivity contribution < 1.29 is 22.7 Å². The number of amides is 2. The Morgan fingerprint density at radius 3 is 2.06 bits per heavy atom. The predicted octanol–water partition coefficient (Wildman–Crippen LogP) is 7.06. The van der Waals surface area contributed by atoms with Crippen molar-refractivity contribution in [2.45, 2.75) is 57.1 Å². The number of hydrogen-bond donors (Lipinski definition) is 1. The highest BCUT2D eigenvalue weighted by molar-refractivity contribution is 7.92. The third kappa shape index (κ3) is 9.06. The number of halogens is 2. The van der Waals surface area contributed by atoms with Gasteiger partial charge >= 0.3 is 0 Å². The van der Waals surface area contributed by atoms with Crippen LogP contribution in [-0.4, -0.2) is 50.9 Å². The number of benzene rings is 4. The van der Waals surface area contributed by atoms with E-state index in [9.17, 15) is 18.0 Å². The average Bonchev–Trinajstić information content (AvgIpc) is 3.07. The summed E-state index contributed by atoms with van der Waals surface area (Å²) in [6.07, 6.45) is 0.849. The van der Waals surface area contributed by atoms with E-state index >= 15 is 0 Å². The second-order valence-corrected chi connectivity index (χ2v) is 13.9. The Balaban J connectivity index is 1.84. The van der Waals surface area contributed by atoms with Crippen LogP contribution in [0.1, 0.15) is 37.0 Å². The van der Waals surface area contributed by atoms with Crippen LogP contribution in [0, 0.1) is 6.92 Å². The summed E-state index contributed by atoms with van der Waals surface area (Å²) >= 11 is 13.2. The Morgan fingerprint density at radius 1 is 0.872 bits per heavy atom. The Bertz CT molecular complexity index is 1750. The van der Waals surface area contributed by atoms with Crippen LogP contribution < -0.4 is 14.4 Å². The van der Waals surface area contributed by atoms with Crippen LogP contribution in [0.5, 0.6) is 5.75 Å². The van der Waals surface area contributed by atoms with Crippen molar-refractivity contribution in [1.29, 1.82) is 0 Å². The highest BCUT2D eigenvalue weighted by Crippen LogP contribution is 2.29. The minimum absolute atomic E-state index is 0.0253. The van der Waals surface area contributed by atoms with Gasteiger partial charge in [-0.3, -0.25) is 13.9 Å². The smallest absolute Gasteiger partial charge is 0.264 e. The van der Waals surface area contributed by atoms with E-state index in [2.05, 4.69) is 5.32 Å². The number of carbonyl (C=O) groups is 2. The lowest BCUT2D eigenvalue weighted by Crippen LogP contribution is -2.54. The van der Waals surface area contributed by atoms with Crippen molar-refractivity contribution in [3.05, 3.63) is 124 Å². The molecule has 0 saturated heterocycles. The molecule has 0 aliphatic carbocycles. The molecule has 11 heteroatoms. The minimum Gasteiger partial charge on any atom is -0.497 e. The van der Waals surface area contributed by atoms with Crippen LogP contribution in [0.25, 0.3) is 0 Å². The molecule has 0 saturated carbocycles. The van der Waals surface area contributed by atoms with E-state index in [0.717, 1.165) is 15.4 Å². The molecular weight excluding hydrogens is 657 g/mol. The predicted molar refractivity (Wildman–Crippen MR) is 188 cm³/mol. The van der Waals surface area contributed by atoms with Crippen LogP contribution in [0.3, 0.4) is 0 Å². The molecule has 4 aromatic rings. The van der Waals surface area contributed by atoms with Crippen LogP contribution in [0.2, 0.25) is 10.0 Å². The first-order chi connectivity index (χ1) is 22.4. The van der Waals surface area contributed by atoms with Crippen LogP contribution in [0.15, 0.2) is 102 Å². The molecule has 2 atom stereocenters. The van der Waals surface area contributed by atoms with Crippen LogP contribution in [-0.2, 0) is 32.6 Å². The number of nitrogens with zero attached hydrogens (tertiary/aromatic N) is 2. The first-order valence-electron chi connectivity index (χ1n) is 15.2. The van der Waals surface area contributed by atoms with Gasteiger partial charge in [0.15, 0.2) is 0 Å². The zero-order valence-corrected chi connectivity index (χ0v) is 29.1. The van der Waals surface area contributed by atoms with E-state index in [1.54, 1.807) is 54.6 Å². The Morgan fingerprint density at radius 2 is 1.49 bits per heavy atom. The van der Waals surface area contributed by atoms with Crippen LogP contribution in [0.4, 0.5) is 5.69 Å². The number of sulfonamides is 1. The first kappa shape index (κ1) is 35.8. The van der Waals surface area contributed by atoms with E-state index in [0.29, 0.717) is 33.5 Å². The van der Waals surface area contributed by atoms with Crippen molar-refractivity contribution >= 4 is 50.7 Å². The molecule has 2 amide bonds. The molecule has 0 unspecified atom stereocenters. The first-order valence-corrected chi connectivity index (χ1v) is 17.4. The van der Waals surface area contributed by atoms with Gasteiger partial charge in [-0.2, -0.15) is 0 Å². The van der Waals surface area contributed by atoms with Gasteiger partial charge in [-0.05, 0) is 74.4 Å². The molecule has 1 N–H and O–H groups in total. The minimum atomic E-state index is -4.26. The molecular formula is C36H39Cl2N3O5S. The molecule has 4 aromatic carbocycles. The van der Waals surface area contributed by atoms with Crippen molar-refractivity contribution in [2.75, 3.05) is 18.0 Å².